The molecule has 0 spiro atoms. The first-order chi connectivity index (χ1) is 7.39. The minimum atomic E-state index is -0.994. The molecule has 2 atom stereocenters. The molecule has 1 saturated heterocycles. The fourth-order valence-corrected chi connectivity index (χ4v) is 9.61. The summed E-state index contributed by atoms with van der Waals surface area (Å²) in [5, 5.41) is 4.05. The van der Waals surface area contributed by atoms with Crippen molar-refractivity contribution >= 4 is 16.1 Å². The first-order valence-electron chi connectivity index (χ1n) is 7.15. The number of rotatable bonds is 5. The molecule has 96 valence electrons. The SMILES string of the molecule is CC[Si](CC)(CC)C1CCC([Si](C)(C)C)N1. The minimum Gasteiger partial charge on any atom is -0.316 e. The van der Waals surface area contributed by atoms with Gasteiger partial charge in [-0.1, -0.05) is 58.5 Å². The third-order valence-electron chi connectivity index (χ3n) is 5.04. The van der Waals surface area contributed by atoms with Crippen molar-refractivity contribution < 1.29 is 0 Å². The first kappa shape index (κ1) is 14.5. The Bertz CT molecular complexity index is 210. The van der Waals surface area contributed by atoms with Crippen LogP contribution >= 0.6 is 0 Å². The lowest BCUT2D eigenvalue weighted by Gasteiger charge is -2.36. The van der Waals surface area contributed by atoms with Gasteiger partial charge in [0.25, 0.3) is 0 Å². The van der Waals surface area contributed by atoms with E-state index in [2.05, 4.69) is 45.7 Å². The summed E-state index contributed by atoms with van der Waals surface area (Å²) in [4.78, 5) is 0. The van der Waals surface area contributed by atoms with E-state index in [1.54, 1.807) is 0 Å². The second-order valence-corrected chi connectivity index (χ2v) is 17.6. The van der Waals surface area contributed by atoms with Gasteiger partial charge in [0.1, 0.15) is 0 Å². The maximum atomic E-state index is 4.05. The van der Waals surface area contributed by atoms with E-state index in [9.17, 15) is 0 Å². The van der Waals surface area contributed by atoms with Gasteiger partial charge >= 0.3 is 0 Å². The molecule has 0 aliphatic carbocycles. The lowest BCUT2D eigenvalue weighted by atomic mass is 10.4. The standard InChI is InChI=1S/C13H31NSi2/c1-7-16(8-2,9-3)13-11-10-12(14-13)15(4,5)6/h12-14H,7-11H2,1-6H3. The smallest absolute Gasteiger partial charge is 0.0718 e. The Labute approximate surface area is 104 Å². The largest absolute Gasteiger partial charge is 0.316 e. The minimum absolute atomic E-state index is 0.883. The zero-order chi connectivity index (χ0) is 12.4. The molecule has 0 aromatic carbocycles. The molecule has 0 bridgehead atoms. The van der Waals surface area contributed by atoms with Crippen LogP contribution in [0.2, 0.25) is 37.8 Å². The molecule has 1 fully saturated rings. The molecule has 2 unspecified atom stereocenters. The molecule has 0 amide bonds. The summed E-state index contributed by atoms with van der Waals surface area (Å²) in [6.07, 6.45) is 2.92. The molecule has 16 heavy (non-hydrogen) atoms. The molecule has 1 rings (SSSR count). The van der Waals surface area contributed by atoms with E-state index in [-0.39, 0.29) is 0 Å². The highest BCUT2D eigenvalue weighted by Crippen LogP contribution is 2.32. The molecular formula is C13H31NSi2. The van der Waals surface area contributed by atoms with Crippen molar-refractivity contribution in [3.63, 3.8) is 0 Å². The van der Waals surface area contributed by atoms with Crippen LogP contribution in [0, 0.1) is 0 Å². The van der Waals surface area contributed by atoms with Crippen molar-refractivity contribution in [2.45, 2.75) is 82.7 Å². The third kappa shape index (κ3) is 2.80. The summed E-state index contributed by atoms with van der Waals surface area (Å²) in [6.45, 7) is 14.8. The molecular weight excluding hydrogens is 226 g/mol. The molecule has 1 heterocycles. The monoisotopic (exact) mass is 257 g/mol. The van der Waals surface area contributed by atoms with E-state index < -0.39 is 16.1 Å². The van der Waals surface area contributed by atoms with Gasteiger partial charge in [-0.15, -0.1) is 0 Å². The van der Waals surface area contributed by atoms with Gasteiger partial charge < -0.3 is 5.32 Å². The molecule has 3 heteroatoms. The van der Waals surface area contributed by atoms with Crippen molar-refractivity contribution in [1.82, 2.24) is 5.32 Å². The molecule has 1 aliphatic heterocycles. The first-order valence-corrected chi connectivity index (χ1v) is 13.4. The predicted octanol–water partition coefficient (Wildman–Crippen LogP) is 4.03. The van der Waals surface area contributed by atoms with Gasteiger partial charge in [-0.25, -0.2) is 0 Å². The number of hydrogen-bond acceptors (Lipinski definition) is 1. The fourth-order valence-electron chi connectivity index (χ4n) is 3.40. The van der Waals surface area contributed by atoms with Crippen molar-refractivity contribution in [3.8, 4) is 0 Å². The lowest BCUT2D eigenvalue weighted by Crippen LogP contribution is -2.56. The fraction of sp³-hybridized carbons (Fsp3) is 1.00. The van der Waals surface area contributed by atoms with E-state index >= 15 is 0 Å². The van der Waals surface area contributed by atoms with Gasteiger partial charge in [-0.3, -0.25) is 0 Å². The van der Waals surface area contributed by atoms with E-state index in [4.69, 9.17) is 0 Å². The van der Waals surface area contributed by atoms with Gasteiger partial charge in [-0.05, 0) is 18.5 Å². The van der Waals surface area contributed by atoms with E-state index in [1.165, 1.54) is 31.0 Å². The van der Waals surface area contributed by atoms with Crippen LogP contribution < -0.4 is 5.32 Å². The number of nitrogens with one attached hydrogen (secondary N) is 1. The van der Waals surface area contributed by atoms with Crippen LogP contribution in [0.15, 0.2) is 0 Å². The van der Waals surface area contributed by atoms with Gasteiger partial charge in [0.15, 0.2) is 0 Å². The Hall–Kier alpha value is 0.394. The quantitative estimate of drug-likeness (QED) is 0.733. The van der Waals surface area contributed by atoms with Gasteiger partial charge in [0.05, 0.1) is 16.1 Å². The third-order valence-corrected chi connectivity index (χ3v) is 13.7. The maximum Gasteiger partial charge on any atom is 0.0718 e. The van der Waals surface area contributed by atoms with Gasteiger partial charge in [0, 0.05) is 5.67 Å². The highest BCUT2D eigenvalue weighted by Gasteiger charge is 2.43. The Morgan fingerprint density at radius 3 is 1.62 bits per heavy atom. The average molecular weight is 258 g/mol. The van der Waals surface area contributed by atoms with Crippen LogP contribution in [-0.4, -0.2) is 27.5 Å². The number of hydrogen-bond donors (Lipinski definition) is 1. The van der Waals surface area contributed by atoms with Crippen molar-refractivity contribution in [2.75, 3.05) is 0 Å². The van der Waals surface area contributed by atoms with Crippen LogP contribution in [0.25, 0.3) is 0 Å². The summed E-state index contributed by atoms with van der Waals surface area (Å²) in [5.74, 6) is 0. The van der Waals surface area contributed by atoms with E-state index in [0.717, 1.165) is 11.3 Å². The summed E-state index contributed by atoms with van der Waals surface area (Å²) < 4.78 is 0. The Morgan fingerprint density at radius 1 is 0.875 bits per heavy atom. The summed E-state index contributed by atoms with van der Waals surface area (Å²) >= 11 is 0. The van der Waals surface area contributed by atoms with Crippen LogP contribution in [0.4, 0.5) is 0 Å². The zero-order valence-corrected chi connectivity index (χ0v) is 14.2. The second kappa shape index (κ2) is 5.36. The van der Waals surface area contributed by atoms with Gasteiger partial charge in [-0.2, -0.15) is 0 Å². The Kier molecular flexibility index (Phi) is 4.84. The van der Waals surface area contributed by atoms with Gasteiger partial charge in [0.2, 0.25) is 0 Å². The molecule has 0 aromatic heterocycles. The maximum absolute atomic E-state index is 4.05. The molecule has 0 radical (unpaired) electrons. The topological polar surface area (TPSA) is 12.0 Å². The highest BCUT2D eigenvalue weighted by atomic mass is 28.3. The van der Waals surface area contributed by atoms with Crippen LogP contribution in [0.5, 0.6) is 0 Å². The Morgan fingerprint density at radius 2 is 1.31 bits per heavy atom. The molecule has 1 nitrogen and oxygen atoms in total. The molecule has 0 saturated carbocycles. The summed E-state index contributed by atoms with van der Waals surface area (Å²) in [6, 6.07) is 4.41. The lowest BCUT2D eigenvalue weighted by molar-refractivity contribution is 0.703. The highest BCUT2D eigenvalue weighted by molar-refractivity contribution is 6.82. The average Bonchev–Trinajstić information content (AvgIpc) is 2.71. The van der Waals surface area contributed by atoms with Crippen LogP contribution in [0.1, 0.15) is 33.6 Å². The van der Waals surface area contributed by atoms with E-state index in [0.29, 0.717) is 0 Å². The zero-order valence-electron chi connectivity index (χ0n) is 12.2. The molecule has 1 aliphatic rings. The second-order valence-electron chi connectivity index (χ2n) is 6.64. The summed E-state index contributed by atoms with van der Waals surface area (Å²) in [7, 11) is -1.97. The van der Waals surface area contributed by atoms with Crippen molar-refractivity contribution in [2.24, 2.45) is 0 Å². The van der Waals surface area contributed by atoms with Crippen LogP contribution in [0.3, 0.4) is 0 Å². The van der Waals surface area contributed by atoms with E-state index in [1.807, 2.05) is 0 Å². The Balaban J connectivity index is 2.71. The molecule has 1 N–H and O–H groups in total. The predicted molar refractivity (Wildman–Crippen MR) is 80.5 cm³/mol. The van der Waals surface area contributed by atoms with Crippen molar-refractivity contribution in [3.05, 3.63) is 0 Å². The van der Waals surface area contributed by atoms with Crippen LogP contribution in [-0.2, 0) is 0 Å². The normalized spacial score (nSPS) is 27.4. The molecule has 0 aromatic rings. The van der Waals surface area contributed by atoms with Crippen molar-refractivity contribution in [1.29, 1.82) is 0 Å². The summed E-state index contributed by atoms with van der Waals surface area (Å²) in [5.41, 5.74) is 1.80.